The topological polar surface area (TPSA) is 70.5 Å². The van der Waals surface area contributed by atoms with Gasteiger partial charge in [-0.3, -0.25) is 19.8 Å². The fraction of sp³-hybridized carbons (Fsp3) is 0.100. The number of anilines is 1. The molecule has 0 bridgehead atoms. The minimum absolute atomic E-state index is 0.167. The SMILES string of the molecule is O=C(Nc1ccc(C2=CSC3=NCCN23)cc1)c1ccc2nccnc2c1. The smallest absolute Gasteiger partial charge is 0.255 e. The molecule has 0 saturated heterocycles. The number of amidine groups is 1. The lowest BCUT2D eigenvalue weighted by atomic mass is 10.1. The van der Waals surface area contributed by atoms with Crippen LogP contribution in [0.2, 0.25) is 0 Å². The lowest BCUT2D eigenvalue weighted by Gasteiger charge is -2.16. The molecule has 0 fully saturated rings. The van der Waals surface area contributed by atoms with Gasteiger partial charge >= 0.3 is 0 Å². The van der Waals surface area contributed by atoms with Crippen LogP contribution in [0.1, 0.15) is 15.9 Å². The van der Waals surface area contributed by atoms with E-state index in [1.54, 1.807) is 42.4 Å². The zero-order chi connectivity index (χ0) is 18.2. The zero-order valence-electron chi connectivity index (χ0n) is 14.3. The number of hydrogen-bond acceptors (Lipinski definition) is 6. The van der Waals surface area contributed by atoms with Gasteiger partial charge in [-0.15, -0.1) is 0 Å². The zero-order valence-corrected chi connectivity index (χ0v) is 15.1. The third-order valence-corrected chi connectivity index (χ3v) is 5.44. The van der Waals surface area contributed by atoms with Crippen LogP contribution >= 0.6 is 11.8 Å². The lowest BCUT2D eigenvalue weighted by Crippen LogP contribution is -2.19. The number of hydrogen-bond donors (Lipinski definition) is 1. The van der Waals surface area contributed by atoms with Crippen molar-refractivity contribution in [2.24, 2.45) is 4.99 Å². The summed E-state index contributed by atoms with van der Waals surface area (Å²) in [6.45, 7) is 1.78. The molecule has 1 aromatic heterocycles. The number of fused-ring (bicyclic) bond motifs is 2. The third kappa shape index (κ3) is 2.96. The molecular formula is C20H15N5OS. The third-order valence-electron chi connectivity index (χ3n) is 4.54. The Balaban J connectivity index is 1.33. The van der Waals surface area contributed by atoms with Gasteiger partial charge in [-0.05, 0) is 35.9 Å². The number of nitrogens with one attached hydrogen (secondary N) is 1. The second-order valence-corrected chi connectivity index (χ2v) is 7.06. The van der Waals surface area contributed by atoms with Crippen molar-refractivity contribution in [3.05, 3.63) is 71.4 Å². The summed E-state index contributed by atoms with van der Waals surface area (Å²) >= 11 is 1.66. The van der Waals surface area contributed by atoms with Crippen molar-refractivity contribution in [3.8, 4) is 0 Å². The molecule has 1 N–H and O–H groups in total. The number of aromatic nitrogens is 2. The highest BCUT2D eigenvalue weighted by atomic mass is 32.2. The molecule has 2 aromatic carbocycles. The van der Waals surface area contributed by atoms with Crippen LogP contribution in [-0.4, -0.2) is 39.0 Å². The summed E-state index contributed by atoms with van der Waals surface area (Å²) in [5.41, 5.74) is 5.07. The molecule has 27 heavy (non-hydrogen) atoms. The molecule has 0 spiro atoms. The molecule has 3 aromatic rings. The van der Waals surface area contributed by atoms with Crippen LogP contribution in [-0.2, 0) is 0 Å². The van der Waals surface area contributed by atoms with Gasteiger partial charge in [-0.1, -0.05) is 23.9 Å². The van der Waals surface area contributed by atoms with E-state index in [2.05, 4.69) is 30.6 Å². The van der Waals surface area contributed by atoms with Crippen molar-refractivity contribution in [2.45, 2.75) is 0 Å². The summed E-state index contributed by atoms with van der Waals surface area (Å²) in [5.74, 6) is -0.167. The van der Waals surface area contributed by atoms with Gasteiger partial charge in [-0.2, -0.15) is 0 Å². The van der Waals surface area contributed by atoms with Crippen LogP contribution in [0.25, 0.3) is 16.7 Å². The van der Waals surface area contributed by atoms with Crippen LogP contribution in [0.15, 0.2) is 65.3 Å². The monoisotopic (exact) mass is 373 g/mol. The van der Waals surface area contributed by atoms with Gasteiger partial charge in [0.1, 0.15) is 0 Å². The first-order valence-corrected chi connectivity index (χ1v) is 9.47. The Morgan fingerprint density at radius 1 is 1.04 bits per heavy atom. The number of aliphatic imine (C=N–C) groups is 1. The van der Waals surface area contributed by atoms with Crippen LogP contribution in [0.4, 0.5) is 5.69 Å². The van der Waals surface area contributed by atoms with E-state index in [1.165, 1.54) is 5.70 Å². The van der Waals surface area contributed by atoms with Gasteiger partial charge in [0.2, 0.25) is 0 Å². The van der Waals surface area contributed by atoms with E-state index in [4.69, 9.17) is 0 Å². The maximum absolute atomic E-state index is 12.6. The summed E-state index contributed by atoms with van der Waals surface area (Å²) in [5, 5.41) is 6.14. The quantitative estimate of drug-likeness (QED) is 0.760. The molecule has 5 rings (SSSR count). The van der Waals surface area contributed by atoms with Crippen molar-refractivity contribution in [1.29, 1.82) is 0 Å². The molecule has 1 amide bonds. The molecule has 0 radical (unpaired) electrons. The number of carbonyl (C=O) groups is 1. The first kappa shape index (κ1) is 16.0. The predicted octanol–water partition coefficient (Wildman–Crippen LogP) is 3.60. The van der Waals surface area contributed by atoms with Crippen molar-refractivity contribution in [3.63, 3.8) is 0 Å². The average molecular weight is 373 g/mol. The van der Waals surface area contributed by atoms with Gasteiger partial charge in [0.05, 0.1) is 23.3 Å². The van der Waals surface area contributed by atoms with E-state index in [-0.39, 0.29) is 5.91 Å². The Morgan fingerprint density at radius 2 is 1.85 bits per heavy atom. The van der Waals surface area contributed by atoms with Gasteiger partial charge in [0, 0.05) is 35.6 Å². The number of carbonyl (C=O) groups excluding carboxylic acids is 1. The normalized spacial score (nSPS) is 15.5. The molecule has 6 nitrogen and oxygen atoms in total. The minimum atomic E-state index is -0.167. The highest BCUT2D eigenvalue weighted by molar-refractivity contribution is 8.16. The maximum atomic E-state index is 12.6. The number of amides is 1. The molecule has 7 heteroatoms. The summed E-state index contributed by atoms with van der Waals surface area (Å²) in [6.07, 6.45) is 3.26. The van der Waals surface area contributed by atoms with Crippen LogP contribution < -0.4 is 5.32 Å². The fourth-order valence-electron chi connectivity index (χ4n) is 3.18. The number of thioether (sulfide) groups is 1. The number of benzene rings is 2. The lowest BCUT2D eigenvalue weighted by molar-refractivity contribution is 0.102. The molecule has 2 aliphatic rings. The molecule has 3 heterocycles. The summed E-state index contributed by atoms with van der Waals surface area (Å²) < 4.78 is 0. The molecule has 0 unspecified atom stereocenters. The first-order chi connectivity index (χ1) is 13.3. The predicted molar refractivity (Wildman–Crippen MR) is 109 cm³/mol. The summed E-state index contributed by atoms with van der Waals surface area (Å²) in [7, 11) is 0. The Kier molecular flexibility index (Phi) is 3.86. The van der Waals surface area contributed by atoms with E-state index < -0.39 is 0 Å². The van der Waals surface area contributed by atoms with E-state index in [0.29, 0.717) is 11.1 Å². The molecular weight excluding hydrogens is 358 g/mol. The Labute approximate surface area is 160 Å². The highest BCUT2D eigenvalue weighted by Crippen LogP contribution is 2.35. The second-order valence-electron chi connectivity index (χ2n) is 6.23. The minimum Gasteiger partial charge on any atom is -0.322 e. The Hall–Kier alpha value is -3.19. The molecule has 0 saturated carbocycles. The Bertz CT molecular complexity index is 1110. The highest BCUT2D eigenvalue weighted by Gasteiger charge is 2.26. The van der Waals surface area contributed by atoms with Gasteiger partial charge in [0.15, 0.2) is 5.17 Å². The van der Waals surface area contributed by atoms with Gasteiger partial charge in [0.25, 0.3) is 5.91 Å². The fourth-order valence-corrected chi connectivity index (χ4v) is 4.14. The summed E-state index contributed by atoms with van der Waals surface area (Å²) in [4.78, 5) is 27.7. The van der Waals surface area contributed by atoms with E-state index in [0.717, 1.165) is 35.0 Å². The maximum Gasteiger partial charge on any atom is 0.255 e. The largest absolute Gasteiger partial charge is 0.322 e. The van der Waals surface area contributed by atoms with E-state index in [9.17, 15) is 4.79 Å². The molecule has 0 aliphatic carbocycles. The standard InChI is InChI=1S/C20H15N5OS/c26-19(14-3-6-16-17(11-14)22-8-7-21-16)24-15-4-1-13(2-5-15)18-12-27-20-23-9-10-25(18)20/h1-8,11-12H,9-10H2,(H,24,26). The van der Waals surface area contributed by atoms with Crippen LogP contribution in [0.5, 0.6) is 0 Å². The molecule has 2 aliphatic heterocycles. The van der Waals surface area contributed by atoms with Crippen molar-refractivity contribution >= 4 is 45.3 Å². The van der Waals surface area contributed by atoms with Gasteiger partial charge < -0.3 is 10.2 Å². The second kappa shape index (κ2) is 6.51. The average Bonchev–Trinajstić information content (AvgIpc) is 3.32. The number of rotatable bonds is 3. The summed E-state index contributed by atoms with van der Waals surface area (Å²) in [6, 6.07) is 13.2. The van der Waals surface area contributed by atoms with Crippen LogP contribution in [0, 0.1) is 0 Å². The Morgan fingerprint density at radius 3 is 2.70 bits per heavy atom. The van der Waals surface area contributed by atoms with Crippen molar-refractivity contribution < 1.29 is 4.79 Å². The van der Waals surface area contributed by atoms with E-state index in [1.807, 2.05) is 24.3 Å². The number of nitrogens with zero attached hydrogens (tertiary/aromatic N) is 4. The van der Waals surface area contributed by atoms with Crippen molar-refractivity contribution in [2.75, 3.05) is 18.4 Å². The van der Waals surface area contributed by atoms with Crippen LogP contribution in [0.3, 0.4) is 0 Å². The van der Waals surface area contributed by atoms with Gasteiger partial charge in [-0.25, -0.2) is 0 Å². The first-order valence-electron chi connectivity index (χ1n) is 8.59. The molecule has 0 atom stereocenters. The molecule has 132 valence electrons. The van der Waals surface area contributed by atoms with Crippen molar-refractivity contribution in [1.82, 2.24) is 14.9 Å². The van der Waals surface area contributed by atoms with E-state index >= 15 is 0 Å².